The normalized spacial score (nSPS) is 11.4. The molecule has 3 aromatic carbocycles. The molecule has 8 N–H and O–H groups in total. The van der Waals surface area contributed by atoms with E-state index in [4.69, 9.17) is 0 Å². The minimum absolute atomic E-state index is 0.00558. The third-order valence-electron chi connectivity index (χ3n) is 7.76. The van der Waals surface area contributed by atoms with Crippen molar-refractivity contribution in [2.24, 2.45) is 10.2 Å². The SMILES string of the molecule is CC(C)(C)c1nn(-c2nc(Nc3cc(C(=O)O)cc(C(=O)O)c3)nc(Nc3cc(C(=O)O)cc(C(=O)O)c3)n2)c(O)c1/N=N/c1nnc(-c2ccccc2C(=O)O)s1. The Balaban J connectivity index is 1.47. The van der Waals surface area contributed by atoms with E-state index in [2.05, 4.69) is 51.1 Å². The van der Waals surface area contributed by atoms with Crippen molar-refractivity contribution in [3.8, 4) is 22.4 Å². The van der Waals surface area contributed by atoms with Gasteiger partial charge in [0, 0.05) is 22.4 Å². The number of anilines is 4. The molecular formula is C35H27N11O11S. The summed E-state index contributed by atoms with van der Waals surface area (Å²) >= 11 is 0.924. The van der Waals surface area contributed by atoms with Crippen LogP contribution in [0.4, 0.5) is 34.1 Å². The lowest BCUT2D eigenvalue weighted by Gasteiger charge is -2.15. The lowest BCUT2D eigenvalue weighted by atomic mass is 9.91. The van der Waals surface area contributed by atoms with Crippen LogP contribution in [0.1, 0.15) is 78.3 Å². The van der Waals surface area contributed by atoms with Gasteiger partial charge in [0.15, 0.2) is 5.69 Å². The smallest absolute Gasteiger partial charge is 0.336 e. The summed E-state index contributed by atoms with van der Waals surface area (Å²) in [6, 6.07) is 12.4. The lowest BCUT2D eigenvalue weighted by Crippen LogP contribution is -2.14. The number of carboxylic acid groups (broad SMARTS) is 5. The fourth-order valence-corrected chi connectivity index (χ4v) is 5.88. The number of hydrogen-bond donors (Lipinski definition) is 8. The molecule has 0 aliphatic heterocycles. The van der Waals surface area contributed by atoms with Crippen LogP contribution >= 0.6 is 11.3 Å². The van der Waals surface area contributed by atoms with Crippen LogP contribution in [0.2, 0.25) is 0 Å². The largest absolute Gasteiger partial charge is 0.492 e. The second kappa shape index (κ2) is 15.5. The molecule has 0 saturated heterocycles. The van der Waals surface area contributed by atoms with Crippen molar-refractivity contribution in [2.75, 3.05) is 10.6 Å². The number of carboxylic acids is 5. The minimum atomic E-state index is -1.44. The van der Waals surface area contributed by atoms with Crippen molar-refractivity contribution in [3.63, 3.8) is 0 Å². The van der Waals surface area contributed by atoms with Gasteiger partial charge < -0.3 is 41.3 Å². The van der Waals surface area contributed by atoms with Crippen LogP contribution in [0.3, 0.4) is 0 Å². The highest BCUT2D eigenvalue weighted by Crippen LogP contribution is 2.41. The van der Waals surface area contributed by atoms with E-state index in [-0.39, 0.29) is 50.4 Å². The Bertz CT molecular complexity index is 2540. The topological polar surface area (TPSA) is 338 Å². The number of azo groups is 1. The van der Waals surface area contributed by atoms with Gasteiger partial charge in [0.2, 0.25) is 17.8 Å². The molecular weight excluding hydrogens is 783 g/mol. The van der Waals surface area contributed by atoms with Gasteiger partial charge >= 0.3 is 29.8 Å². The van der Waals surface area contributed by atoms with Crippen LogP contribution in [0.15, 0.2) is 70.9 Å². The number of aromatic nitrogens is 7. The Kier molecular flexibility index (Phi) is 10.6. The van der Waals surface area contributed by atoms with Crippen molar-refractivity contribution in [2.45, 2.75) is 26.2 Å². The molecule has 0 aliphatic rings. The van der Waals surface area contributed by atoms with Crippen molar-refractivity contribution in [3.05, 3.63) is 94.2 Å². The Morgan fingerprint density at radius 1 is 0.672 bits per heavy atom. The molecule has 294 valence electrons. The van der Waals surface area contributed by atoms with Gasteiger partial charge in [-0.05, 0) is 42.5 Å². The van der Waals surface area contributed by atoms with Gasteiger partial charge in [-0.2, -0.15) is 24.7 Å². The molecule has 6 rings (SSSR count). The van der Waals surface area contributed by atoms with Gasteiger partial charge in [0.1, 0.15) is 5.01 Å². The summed E-state index contributed by atoms with van der Waals surface area (Å²) in [6.07, 6.45) is 0. The maximum Gasteiger partial charge on any atom is 0.336 e. The summed E-state index contributed by atoms with van der Waals surface area (Å²) in [7, 11) is 0. The maximum absolute atomic E-state index is 11.8. The molecule has 58 heavy (non-hydrogen) atoms. The lowest BCUT2D eigenvalue weighted by molar-refractivity contribution is 0.0676. The third kappa shape index (κ3) is 8.52. The molecule has 0 aliphatic carbocycles. The van der Waals surface area contributed by atoms with Crippen LogP contribution in [0.25, 0.3) is 16.5 Å². The molecule has 0 atom stereocenters. The summed E-state index contributed by atoms with van der Waals surface area (Å²) in [5.74, 6) is -8.76. The van der Waals surface area contributed by atoms with Gasteiger partial charge in [-0.25, -0.2) is 24.0 Å². The third-order valence-corrected chi connectivity index (χ3v) is 8.60. The first kappa shape index (κ1) is 39.5. The van der Waals surface area contributed by atoms with Gasteiger partial charge in [0.05, 0.1) is 33.5 Å². The number of carbonyl (C=O) groups is 5. The van der Waals surface area contributed by atoms with Gasteiger partial charge in [-0.15, -0.1) is 20.4 Å². The highest BCUT2D eigenvalue weighted by atomic mass is 32.1. The van der Waals surface area contributed by atoms with E-state index in [0.29, 0.717) is 5.56 Å². The fourth-order valence-electron chi connectivity index (χ4n) is 5.17. The molecule has 0 unspecified atom stereocenters. The highest BCUT2D eigenvalue weighted by molar-refractivity contribution is 7.18. The molecule has 6 aromatic rings. The second-order valence-electron chi connectivity index (χ2n) is 13.0. The summed E-state index contributed by atoms with van der Waals surface area (Å²) in [5.41, 5.74) is -2.33. The number of nitrogens with zero attached hydrogens (tertiary/aromatic N) is 9. The average Bonchev–Trinajstić information content (AvgIpc) is 3.77. The van der Waals surface area contributed by atoms with Crippen LogP contribution in [-0.2, 0) is 5.41 Å². The van der Waals surface area contributed by atoms with E-state index in [1.807, 2.05) is 0 Å². The van der Waals surface area contributed by atoms with Crippen LogP contribution in [-0.4, -0.2) is 95.4 Å². The predicted octanol–water partition coefficient (Wildman–Crippen LogP) is 5.97. The number of benzene rings is 3. The minimum Gasteiger partial charge on any atom is -0.492 e. The average molecular weight is 810 g/mol. The molecule has 0 radical (unpaired) electrons. The summed E-state index contributed by atoms with van der Waals surface area (Å²) in [5, 5.41) is 86.0. The molecule has 0 spiro atoms. The Morgan fingerprint density at radius 3 is 1.64 bits per heavy atom. The zero-order valence-electron chi connectivity index (χ0n) is 29.9. The standard InChI is InChI=1S/C35H27N11O11S/c1-35(2,3)23-22(41-43-34-44-42-24(58-34)20-6-4-5-7-21(20)30(56)57)25(47)46(45-23)33-39-31(36-18-10-14(26(48)49)8-15(11-18)27(50)51)38-32(40-33)37-19-12-16(28(52)53)9-17(13-19)29(54)55/h4-13,47H,1-3H3,(H,48,49)(H,50,51)(H,52,53)(H,54,55)(H,56,57)(H2,36,37,38,39,40)/b43-41+. The number of aromatic carboxylic acids is 5. The second-order valence-corrected chi connectivity index (χ2v) is 13.9. The highest BCUT2D eigenvalue weighted by Gasteiger charge is 2.30. The predicted molar refractivity (Wildman–Crippen MR) is 201 cm³/mol. The Hall–Kier alpha value is -8.21. The fraction of sp³-hybridized carbons (Fsp3) is 0.114. The molecule has 0 amide bonds. The van der Waals surface area contributed by atoms with Crippen molar-refractivity contribution in [1.29, 1.82) is 0 Å². The maximum atomic E-state index is 11.8. The number of hydrogen-bond acceptors (Lipinski definition) is 17. The molecule has 0 bridgehead atoms. The quantitative estimate of drug-likeness (QED) is 0.0622. The van der Waals surface area contributed by atoms with E-state index < -0.39 is 69.3 Å². The summed E-state index contributed by atoms with van der Waals surface area (Å²) in [4.78, 5) is 71.7. The first-order chi connectivity index (χ1) is 27.4. The molecule has 23 heteroatoms. The van der Waals surface area contributed by atoms with Crippen LogP contribution < -0.4 is 10.6 Å². The summed E-state index contributed by atoms with van der Waals surface area (Å²) in [6.45, 7) is 5.26. The van der Waals surface area contributed by atoms with Crippen molar-refractivity contribution >= 4 is 75.3 Å². The molecule has 0 fully saturated rings. The number of nitrogens with one attached hydrogen (secondary N) is 2. The van der Waals surface area contributed by atoms with E-state index in [9.17, 15) is 54.6 Å². The molecule has 22 nitrogen and oxygen atoms in total. The molecule has 0 saturated carbocycles. The number of aromatic hydroxyl groups is 1. The number of rotatable bonds is 13. The van der Waals surface area contributed by atoms with Gasteiger partial charge in [0.25, 0.3) is 11.1 Å². The van der Waals surface area contributed by atoms with Gasteiger partial charge in [-0.3, -0.25) is 0 Å². The zero-order valence-corrected chi connectivity index (χ0v) is 30.7. The Labute approximate surface area is 327 Å². The van der Waals surface area contributed by atoms with E-state index in [1.165, 1.54) is 6.07 Å². The van der Waals surface area contributed by atoms with E-state index in [1.54, 1.807) is 39.0 Å². The molecule has 3 aromatic heterocycles. The van der Waals surface area contributed by atoms with E-state index >= 15 is 0 Å². The summed E-state index contributed by atoms with van der Waals surface area (Å²) < 4.78 is 0.855. The van der Waals surface area contributed by atoms with Crippen molar-refractivity contribution in [1.82, 2.24) is 34.9 Å². The van der Waals surface area contributed by atoms with Crippen LogP contribution in [0, 0.1) is 0 Å². The Morgan fingerprint density at radius 2 is 1.17 bits per heavy atom. The van der Waals surface area contributed by atoms with Gasteiger partial charge in [-0.1, -0.05) is 50.3 Å². The van der Waals surface area contributed by atoms with E-state index in [0.717, 1.165) is 52.4 Å². The first-order valence-corrected chi connectivity index (χ1v) is 17.1. The monoisotopic (exact) mass is 809 g/mol. The zero-order chi connectivity index (χ0) is 42.1. The molecule has 3 heterocycles. The van der Waals surface area contributed by atoms with Crippen molar-refractivity contribution < 1.29 is 54.6 Å². The van der Waals surface area contributed by atoms with Crippen LogP contribution in [0.5, 0.6) is 5.88 Å². The first-order valence-electron chi connectivity index (χ1n) is 16.3.